The number of nitrogens with one attached hydrogen (secondary N) is 1. The molecular weight excluding hydrogens is 270 g/mol. The molecule has 2 heterocycles. The summed E-state index contributed by atoms with van der Waals surface area (Å²) in [6, 6.07) is 8.12. The first kappa shape index (κ1) is 12.9. The molecule has 2 aromatic heterocycles. The third kappa shape index (κ3) is 2.02. The molecule has 2 N–H and O–H groups in total. The fourth-order valence-electron chi connectivity index (χ4n) is 2.65. The molecule has 0 saturated heterocycles. The fourth-order valence-corrected chi connectivity index (χ4v) is 3.40. The topological polar surface area (TPSA) is 53.1 Å². The summed E-state index contributed by atoms with van der Waals surface area (Å²) >= 11 is 1.62. The van der Waals surface area contributed by atoms with Gasteiger partial charge in [-0.2, -0.15) is 0 Å². The number of aromatic amines is 1. The van der Waals surface area contributed by atoms with E-state index in [1.807, 2.05) is 31.4 Å². The number of hydrogen-bond donors (Lipinski definition) is 2. The molecule has 3 nitrogen and oxygen atoms in total. The minimum absolute atomic E-state index is 0.0392. The normalized spacial score (nSPS) is 11.1. The smallest absolute Gasteiger partial charge is 0.307 e. The van der Waals surface area contributed by atoms with Gasteiger partial charge < -0.3 is 10.1 Å². The molecule has 0 atom stereocenters. The lowest BCUT2D eigenvalue weighted by Gasteiger charge is -2.03. The highest BCUT2D eigenvalue weighted by atomic mass is 32.1. The zero-order chi connectivity index (χ0) is 14.3. The molecule has 3 aromatic rings. The molecule has 3 rings (SSSR count). The SMILES string of the molecule is Cc1ccc(C)c2c(CC(=O)O)c(-c3cccs3)[nH]c12. The first-order valence-electron chi connectivity index (χ1n) is 6.44. The Morgan fingerprint density at radius 1 is 1.25 bits per heavy atom. The van der Waals surface area contributed by atoms with Gasteiger partial charge in [-0.25, -0.2) is 0 Å². The number of aromatic nitrogens is 1. The molecule has 20 heavy (non-hydrogen) atoms. The number of carboxylic acid groups (broad SMARTS) is 1. The number of carboxylic acids is 1. The van der Waals surface area contributed by atoms with Crippen molar-refractivity contribution < 1.29 is 9.90 Å². The van der Waals surface area contributed by atoms with Crippen LogP contribution in [0.2, 0.25) is 0 Å². The van der Waals surface area contributed by atoms with E-state index in [9.17, 15) is 9.90 Å². The van der Waals surface area contributed by atoms with Gasteiger partial charge in [0.2, 0.25) is 0 Å². The number of fused-ring (bicyclic) bond motifs is 1. The summed E-state index contributed by atoms with van der Waals surface area (Å²) in [4.78, 5) is 15.7. The highest BCUT2D eigenvalue weighted by Crippen LogP contribution is 2.36. The second-order valence-corrected chi connectivity index (χ2v) is 5.92. The molecule has 0 bridgehead atoms. The van der Waals surface area contributed by atoms with E-state index in [0.717, 1.165) is 38.2 Å². The first-order chi connectivity index (χ1) is 9.58. The maximum absolute atomic E-state index is 11.2. The van der Waals surface area contributed by atoms with Gasteiger partial charge in [0.25, 0.3) is 0 Å². The molecule has 0 radical (unpaired) electrons. The Morgan fingerprint density at radius 3 is 2.65 bits per heavy atom. The number of rotatable bonds is 3. The number of benzene rings is 1. The van der Waals surface area contributed by atoms with Gasteiger partial charge in [-0.15, -0.1) is 11.3 Å². The summed E-state index contributed by atoms with van der Waals surface area (Å²) in [6.45, 7) is 4.07. The van der Waals surface area contributed by atoms with Crippen LogP contribution in [0.3, 0.4) is 0 Å². The van der Waals surface area contributed by atoms with Gasteiger partial charge in [0.05, 0.1) is 17.0 Å². The van der Waals surface area contributed by atoms with Crippen molar-refractivity contribution in [2.45, 2.75) is 20.3 Å². The minimum atomic E-state index is -0.801. The second kappa shape index (κ2) is 4.80. The number of aryl methyl sites for hydroxylation is 2. The van der Waals surface area contributed by atoms with Crippen molar-refractivity contribution in [3.63, 3.8) is 0 Å². The van der Waals surface area contributed by atoms with Crippen molar-refractivity contribution in [1.82, 2.24) is 4.98 Å². The Hall–Kier alpha value is -2.07. The maximum atomic E-state index is 11.2. The van der Waals surface area contributed by atoms with Crippen LogP contribution in [0.5, 0.6) is 0 Å². The first-order valence-corrected chi connectivity index (χ1v) is 7.32. The molecule has 0 spiro atoms. The van der Waals surface area contributed by atoms with Gasteiger partial charge in [-0.05, 0) is 42.0 Å². The number of hydrogen-bond acceptors (Lipinski definition) is 2. The summed E-state index contributed by atoms with van der Waals surface area (Å²) < 4.78 is 0. The van der Waals surface area contributed by atoms with E-state index in [1.54, 1.807) is 11.3 Å². The van der Waals surface area contributed by atoms with E-state index < -0.39 is 5.97 Å². The van der Waals surface area contributed by atoms with Crippen LogP contribution in [0.15, 0.2) is 29.6 Å². The number of carbonyl (C=O) groups is 1. The van der Waals surface area contributed by atoms with Gasteiger partial charge in [-0.3, -0.25) is 4.79 Å². The number of H-pyrrole nitrogens is 1. The van der Waals surface area contributed by atoms with Crippen LogP contribution >= 0.6 is 11.3 Å². The van der Waals surface area contributed by atoms with Crippen LogP contribution in [0.1, 0.15) is 16.7 Å². The van der Waals surface area contributed by atoms with E-state index in [2.05, 4.69) is 17.1 Å². The van der Waals surface area contributed by atoms with Crippen molar-refractivity contribution in [2.24, 2.45) is 0 Å². The maximum Gasteiger partial charge on any atom is 0.307 e. The summed E-state index contributed by atoms with van der Waals surface area (Å²) in [5, 5.41) is 12.3. The molecule has 0 unspecified atom stereocenters. The Bertz CT molecular complexity index is 785. The van der Waals surface area contributed by atoms with E-state index >= 15 is 0 Å². The highest BCUT2D eigenvalue weighted by molar-refractivity contribution is 7.13. The van der Waals surface area contributed by atoms with Gasteiger partial charge in [0.1, 0.15) is 0 Å². The predicted molar refractivity (Wildman–Crippen MR) is 82.4 cm³/mol. The molecule has 4 heteroatoms. The van der Waals surface area contributed by atoms with Crippen LogP contribution in [0.4, 0.5) is 0 Å². The third-order valence-electron chi connectivity index (χ3n) is 3.57. The molecular formula is C16H15NO2S. The van der Waals surface area contributed by atoms with Crippen LogP contribution in [0.25, 0.3) is 21.5 Å². The van der Waals surface area contributed by atoms with Crippen LogP contribution in [0, 0.1) is 13.8 Å². The van der Waals surface area contributed by atoms with Crippen molar-refractivity contribution in [3.8, 4) is 10.6 Å². The lowest BCUT2D eigenvalue weighted by atomic mass is 10.0. The molecule has 0 aliphatic carbocycles. The summed E-state index contributed by atoms with van der Waals surface area (Å²) in [5.74, 6) is -0.801. The van der Waals surface area contributed by atoms with Crippen LogP contribution in [-0.4, -0.2) is 16.1 Å². The Balaban J connectivity index is 2.37. The van der Waals surface area contributed by atoms with Crippen molar-refractivity contribution in [1.29, 1.82) is 0 Å². The zero-order valence-electron chi connectivity index (χ0n) is 11.4. The predicted octanol–water partition coefficient (Wildman–Crippen LogP) is 4.14. The monoisotopic (exact) mass is 285 g/mol. The third-order valence-corrected chi connectivity index (χ3v) is 4.46. The molecule has 1 aromatic carbocycles. The summed E-state index contributed by atoms with van der Waals surface area (Å²) in [5.41, 5.74) is 5.12. The Morgan fingerprint density at radius 2 is 2.00 bits per heavy atom. The van der Waals surface area contributed by atoms with Gasteiger partial charge in [0, 0.05) is 10.9 Å². The lowest BCUT2D eigenvalue weighted by molar-refractivity contribution is -0.136. The Labute approximate surface area is 120 Å². The van der Waals surface area contributed by atoms with E-state index in [-0.39, 0.29) is 6.42 Å². The van der Waals surface area contributed by atoms with Crippen molar-refractivity contribution in [3.05, 3.63) is 46.3 Å². The standard InChI is InChI=1S/C16H15NO2S/c1-9-5-6-10(2)15-14(9)11(8-13(18)19)16(17-15)12-4-3-7-20-12/h3-7,17H,8H2,1-2H3,(H,18,19). The highest BCUT2D eigenvalue weighted by Gasteiger charge is 2.18. The molecule has 0 fully saturated rings. The van der Waals surface area contributed by atoms with E-state index in [1.165, 1.54) is 0 Å². The van der Waals surface area contributed by atoms with Crippen molar-refractivity contribution >= 4 is 28.2 Å². The average Bonchev–Trinajstić information content (AvgIpc) is 3.01. The molecule has 0 saturated carbocycles. The average molecular weight is 285 g/mol. The molecule has 0 aliphatic heterocycles. The molecule has 0 aliphatic rings. The largest absolute Gasteiger partial charge is 0.481 e. The van der Waals surface area contributed by atoms with Gasteiger partial charge in [0.15, 0.2) is 0 Å². The second-order valence-electron chi connectivity index (χ2n) is 4.98. The lowest BCUT2D eigenvalue weighted by Crippen LogP contribution is -2.01. The minimum Gasteiger partial charge on any atom is -0.481 e. The molecule has 102 valence electrons. The van der Waals surface area contributed by atoms with Crippen LogP contribution in [-0.2, 0) is 11.2 Å². The van der Waals surface area contributed by atoms with Crippen molar-refractivity contribution in [2.75, 3.05) is 0 Å². The number of aliphatic carboxylic acids is 1. The summed E-state index contributed by atoms with van der Waals surface area (Å²) in [6.07, 6.45) is 0.0392. The van der Waals surface area contributed by atoms with Gasteiger partial charge >= 0.3 is 5.97 Å². The van der Waals surface area contributed by atoms with Crippen LogP contribution < -0.4 is 0 Å². The van der Waals surface area contributed by atoms with E-state index in [4.69, 9.17) is 0 Å². The summed E-state index contributed by atoms with van der Waals surface area (Å²) in [7, 11) is 0. The Kier molecular flexibility index (Phi) is 3.10. The van der Waals surface area contributed by atoms with E-state index in [0.29, 0.717) is 0 Å². The quantitative estimate of drug-likeness (QED) is 0.760. The molecule has 0 amide bonds. The van der Waals surface area contributed by atoms with Gasteiger partial charge in [-0.1, -0.05) is 18.2 Å². The number of thiophene rings is 1. The fraction of sp³-hybridized carbons (Fsp3) is 0.188. The zero-order valence-corrected chi connectivity index (χ0v) is 12.2.